The molecule has 0 aromatic heterocycles. The second-order valence-electron chi connectivity index (χ2n) is 3.10. The molecule has 0 saturated carbocycles. The average molecular weight is 142 g/mol. The Kier molecular flexibility index (Phi) is 1.91. The highest BCUT2D eigenvalue weighted by Gasteiger charge is 2.28. The van der Waals surface area contributed by atoms with E-state index in [2.05, 4.69) is 0 Å². The minimum absolute atomic E-state index is 0.433. The van der Waals surface area contributed by atoms with Gasteiger partial charge in [0.25, 0.3) is 0 Å². The Balaban J connectivity index is 1.85. The summed E-state index contributed by atoms with van der Waals surface area (Å²) in [4.78, 5) is 0. The Labute approximate surface area is 61.5 Å². The molecule has 2 atom stereocenters. The lowest BCUT2D eigenvalue weighted by Gasteiger charge is -2.15. The lowest BCUT2D eigenvalue weighted by Crippen LogP contribution is -2.23. The summed E-state index contributed by atoms with van der Waals surface area (Å²) in [6.45, 7) is 1.90. The molecule has 58 valence electrons. The van der Waals surface area contributed by atoms with Gasteiger partial charge in [0.1, 0.15) is 0 Å². The third kappa shape index (κ3) is 1.18. The molecule has 2 aliphatic heterocycles. The maximum atomic E-state index is 5.51. The van der Waals surface area contributed by atoms with Crippen LogP contribution in [0.25, 0.3) is 0 Å². The molecular weight excluding hydrogens is 128 g/mol. The van der Waals surface area contributed by atoms with E-state index in [4.69, 9.17) is 9.47 Å². The Morgan fingerprint density at radius 2 is 1.30 bits per heavy atom. The van der Waals surface area contributed by atoms with Crippen LogP contribution < -0.4 is 0 Å². The third-order valence-electron chi connectivity index (χ3n) is 2.34. The molecule has 0 bridgehead atoms. The molecule has 10 heavy (non-hydrogen) atoms. The van der Waals surface area contributed by atoms with Gasteiger partial charge in [-0.15, -0.1) is 0 Å². The van der Waals surface area contributed by atoms with Crippen molar-refractivity contribution < 1.29 is 9.47 Å². The quantitative estimate of drug-likeness (QED) is 0.550. The van der Waals surface area contributed by atoms with Gasteiger partial charge < -0.3 is 9.47 Å². The number of hydrogen-bond donors (Lipinski definition) is 0. The van der Waals surface area contributed by atoms with Crippen molar-refractivity contribution in [2.45, 2.75) is 37.9 Å². The summed E-state index contributed by atoms with van der Waals surface area (Å²) < 4.78 is 11.0. The largest absolute Gasteiger partial charge is 0.376 e. The molecule has 0 aromatic rings. The highest BCUT2D eigenvalue weighted by atomic mass is 16.5. The summed E-state index contributed by atoms with van der Waals surface area (Å²) in [6.07, 6.45) is 5.75. The van der Waals surface area contributed by atoms with Gasteiger partial charge >= 0.3 is 0 Å². The maximum Gasteiger partial charge on any atom is 0.0837 e. The van der Waals surface area contributed by atoms with E-state index in [0.29, 0.717) is 12.2 Å². The van der Waals surface area contributed by atoms with Gasteiger partial charge in [0.05, 0.1) is 12.2 Å². The molecule has 0 spiro atoms. The Morgan fingerprint density at radius 1 is 0.800 bits per heavy atom. The molecule has 2 heterocycles. The van der Waals surface area contributed by atoms with Crippen LogP contribution in [-0.2, 0) is 9.47 Å². The summed E-state index contributed by atoms with van der Waals surface area (Å²) in [5.74, 6) is 0. The second kappa shape index (κ2) is 2.89. The highest BCUT2D eigenvalue weighted by molar-refractivity contribution is 4.78. The van der Waals surface area contributed by atoms with Gasteiger partial charge in [-0.05, 0) is 25.7 Å². The zero-order chi connectivity index (χ0) is 6.81. The summed E-state index contributed by atoms with van der Waals surface area (Å²) in [7, 11) is 0. The first-order valence-corrected chi connectivity index (χ1v) is 4.20. The van der Waals surface area contributed by atoms with Crippen molar-refractivity contribution in [2.24, 2.45) is 0 Å². The molecule has 2 aliphatic rings. The van der Waals surface area contributed by atoms with Gasteiger partial charge in [0.15, 0.2) is 0 Å². The van der Waals surface area contributed by atoms with Crippen LogP contribution in [-0.4, -0.2) is 25.4 Å². The van der Waals surface area contributed by atoms with E-state index < -0.39 is 0 Å². The lowest BCUT2D eigenvalue weighted by molar-refractivity contribution is -0.0173. The van der Waals surface area contributed by atoms with Gasteiger partial charge in [-0.25, -0.2) is 0 Å². The van der Waals surface area contributed by atoms with Crippen LogP contribution in [0, 0.1) is 0 Å². The number of rotatable bonds is 1. The van der Waals surface area contributed by atoms with Crippen molar-refractivity contribution in [1.82, 2.24) is 0 Å². The van der Waals surface area contributed by atoms with Crippen LogP contribution in [0.4, 0.5) is 0 Å². The Hall–Kier alpha value is -0.0800. The minimum Gasteiger partial charge on any atom is -0.376 e. The van der Waals surface area contributed by atoms with Crippen molar-refractivity contribution in [2.75, 3.05) is 13.2 Å². The van der Waals surface area contributed by atoms with Gasteiger partial charge in [-0.2, -0.15) is 0 Å². The number of ether oxygens (including phenoxy) is 2. The van der Waals surface area contributed by atoms with Crippen LogP contribution in [0.1, 0.15) is 25.7 Å². The molecule has 2 rings (SSSR count). The zero-order valence-corrected chi connectivity index (χ0v) is 6.21. The van der Waals surface area contributed by atoms with Crippen LogP contribution in [0.3, 0.4) is 0 Å². The van der Waals surface area contributed by atoms with Crippen molar-refractivity contribution in [1.29, 1.82) is 0 Å². The lowest BCUT2D eigenvalue weighted by atomic mass is 10.1. The van der Waals surface area contributed by atoms with Crippen LogP contribution in [0.15, 0.2) is 0 Å². The van der Waals surface area contributed by atoms with E-state index >= 15 is 0 Å². The van der Waals surface area contributed by atoms with E-state index in [-0.39, 0.29) is 0 Å². The fourth-order valence-electron chi connectivity index (χ4n) is 1.79. The van der Waals surface area contributed by atoms with E-state index in [0.717, 1.165) is 13.2 Å². The first-order chi connectivity index (χ1) is 4.97. The number of hydrogen-bond acceptors (Lipinski definition) is 2. The molecule has 0 N–H and O–H groups in total. The summed E-state index contributed by atoms with van der Waals surface area (Å²) in [5.41, 5.74) is 0. The summed E-state index contributed by atoms with van der Waals surface area (Å²) >= 11 is 0. The smallest absolute Gasteiger partial charge is 0.0837 e. The molecule has 0 unspecified atom stereocenters. The van der Waals surface area contributed by atoms with E-state index in [9.17, 15) is 0 Å². The Bertz CT molecular complexity index is 87.8. The molecule has 0 aromatic carbocycles. The normalized spacial score (nSPS) is 40.8. The molecular formula is C8H14O2. The first-order valence-electron chi connectivity index (χ1n) is 4.20. The summed E-state index contributed by atoms with van der Waals surface area (Å²) in [6, 6.07) is 0. The molecule has 0 aliphatic carbocycles. The molecule has 2 fully saturated rings. The van der Waals surface area contributed by atoms with Crippen molar-refractivity contribution in [3.8, 4) is 0 Å². The van der Waals surface area contributed by atoms with Gasteiger partial charge in [0, 0.05) is 13.2 Å². The van der Waals surface area contributed by atoms with Gasteiger partial charge in [0.2, 0.25) is 0 Å². The monoisotopic (exact) mass is 142 g/mol. The standard InChI is InChI=1S/C8H14O2/c1-3-7(9-5-1)8-4-2-6-10-8/h7-8H,1-6H2/t7-,8+. The SMILES string of the molecule is C1CO[C@H]([C@H]2CCCO2)C1. The van der Waals surface area contributed by atoms with Gasteiger partial charge in [-0.3, -0.25) is 0 Å². The van der Waals surface area contributed by atoms with E-state index in [1.807, 2.05) is 0 Å². The van der Waals surface area contributed by atoms with Crippen molar-refractivity contribution in [3.05, 3.63) is 0 Å². The molecule has 2 nitrogen and oxygen atoms in total. The predicted molar refractivity (Wildman–Crippen MR) is 37.9 cm³/mol. The molecule has 2 heteroatoms. The fraction of sp³-hybridized carbons (Fsp3) is 1.00. The third-order valence-corrected chi connectivity index (χ3v) is 2.34. The topological polar surface area (TPSA) is 18.5 Å². The average Bonchev–Trinajstić information content (AvgIpc) is 2.59. The van der Waals surface area contributed by atoms with Gasteiger partial charge in [-0.1, -0.05) is 0 Å². The summed E-state index contributed by atoms with van der Waals surface area (Å²) in [5, 5.41) is 0. The zero-order valence-electron chi connectivity index (χ0n) is 6.21. The molecule has 0 radical (unpaired) electrons. The van der Waals surface area contributed by atoms with Crippen LogP contribution >= 0.6 is 0 Å². The fourth-order valence-corrected chi connectivity index (χ4v) is 1.79. The predicted octanol–water partition coefficient (Wildman–Crippen LogP) is 1.34. The molecule has 0 amide bonds. The van der Waals surface area contributed by atoms with Crippen LogP contribution in [0.5, 0.6) is 0 Å². The van der Waals surface area contributed by atoms with Crippen LogP contribution in [0.2, 0.25) is 0 Å². The van der Waals surface area contributed by atoms with E-state index in [1.54, 1.807) is 0 Å². The van der Waals surface area contributed by atoms with E-state index in [1.165, 1.54) is 25.7 Å². The highest BCUT2D eigenvalue weighted by Crippen LogP contribution is 2.24. The van der Waals surface area contributed by atoms with Crippen molar-refractivity contribution in [3.63, 3.8) is 0 Å². The Morgan fingerprint density at radius 3 is 1.60 bits per heavy atom. The van der Waals surface area contributed by atoms with Crippen molar-refractivity contribution >= 4 is 0 Å². The molecule has 2 saturated heterocycles. The second-order valence-corrected chi connectivity index (χ2v) is 3.10. The first kappa shape index (κ1) is 6.62. The minimum atomic E-state index is 0.433. The maximum absolute atomic E-state index is 5.51.